The van der Waals surface area contributed by atoms with Crippen molar-refractivity contribution < 1.29 is 22.5 Å². The molecule has 1 rings (SSSR count). The van der Waals surface area contributed by atoms with Gasteiger partial charge in [-0.15, -0.1) is 0 Å². The zero-order valence-electron chi connectivity index (χ0n) is 10.6. The van der Waals surface area contributed by atoms with Crippen LogP contribution in [0.25, 0.3) is 0 Å². The number of aromatic carboxylic acids is 1. The summed E-state index contributed by atoms with van der Waals surface area (Å²) in [5.41, 5.74) is -0.163. The van der Waals surface area contributed by atoms with Crippen LogP contribution in [0.5, 0.6) is 0 Å². The second-order valence-corrected chi connectivity index (χ2v) is 7.68. The third-order valence-corrected chi connectivity index (χ3v) is 5.17. The summed E-state index contributed by atoms with van der Waals surface area (Å²) in [4.78, 5) is 10.6. The van der Waals surface area contributed by atoms with Gasteiger partial charge in [-0.2, -0.15) is 0 Å². The highest BCUT2D eigenvalue weighted by molar-refractivity contribution is 7.89. The van der Waals surface area contributed by atoms with Crippen molar-refractivity contribution in [1.82, 2.24) is 4.72 Å². The Morgan fingerprint density at radius 1 is 1.45 bits per heavy atom. The molecule has 20 heavy (non-hydrogen) atoms. The maximum absolute atomic E-state index is 12.0. The molecule has 0 aliphatic heterocycles. The van der Waals surface area contributed by atoms with E-state index in [0.29, 0.717) is 12.2 Å². The third kappa shape index (κ3) is 4.86. The van der Waals surface area contributed by atoms with Gasteiger partial charge in [0.1, 0.15) is 4.90 Å². The van der Waals surface area contributed by atoms with Crippen molar-refractivity contribution in [1.29, 1.82) is 0 Å². The number of carbonyl (C=O) groups is 1. The first-order chi connectivity index (χ1) is 9.24. The van der Waals surface area contributed by atoms with Crippen LogP contribution in [0.15, 0.2) is 23.1 Å². The summed E-state index contributed by atoms with van der Waals surface area (Å²) in [6.07, 6.45) is 1.94. The molecule has 1 aromatic rings. The molecule has 0 bridgehead atoms. The highest BCUT2D eigenvalue weighted by Crippen LogP contribution is 2.22. The topological polar surface area (TPSA) is 101 Å². The molecular formula is C11H14ClNO5S2. The van der Waals surface area contributed by atoms with Crippen molar-refractivity contribution in [2.75, 3.05) is 18.6 Å². The van der Waals surface area contributed by atoms with Crippen molar-refractivity contribution in [2.24, 2.45) is 0 Å². The van der Waals surface area contributed by atoms with Crippen LogP contribution in [0.2, 0.25) is 5.02 Å². The summed E-state index contributed by atoms with van der Waals surface area (Å²) in [7, 11) is -4.88. The van der Waals surface area contributed by atoms with E-state index in [1.165, 1.54) is 18.4 Å². The van der Waals surface area contributed by atoms with Crippen LogP contribution in [-0.4, -0.2) is 42.3 Å². The van der Waals surface area contributed by atoms with Crippen LogP contribution in [0.1, 0.15) is 16.8 Å². The lowest BCUT2D eigenvalue weighted by molar-refractivity contribution is 0.0696. The quantitative estimate of drug-likeness (QED) is 0.724. The van der Waals surface area contributed by atoms with Gasteiger partial charge in [-0.1, -0.05) is 11.6 Å². The Hall–Kier alpha value is -0.960. The van der Waals surface area contributed by atoms with Gasteiger partial charge in [0.2, 0.25) is 10.0 Å². The van der Waals surface area contributed by atoms with E-state index < -0.39 is 26.8 Å². The highest BCUT2D eigenvalue weighted by Gasteiger charge is 2.19. The number of halogens is 1. The Morgan fingerprint density at radius 3 is 2.65 bits per heavy atom. The maximum Gasteiger partial charge on any atom is 0.335 e. The molecule has 9 heteroatoms. The molecule has 1 aromatic carbocycles. The van der Waals surface area contributed by atoms with Crippen molar-refractivity contribution >= 4 is 38.4 Å². The molecule has 0 aliphatic rings. The summed E-state index contributed by atoms with van der Waals surface area (Å²) in [5.74, 6) is -0.856. The average Bonchev–Trinajstić information content (AvgIpc) is 2.34. The first-order valence-corrected chi connectivity index (χ1v) is 9.15. The summed E-state index contributed by atoms with van der Waals surface area (Å²) >= 11 is 5.79. The van der Waals surface area contributed by atoms with Crippen LogP contribution in [0.3, 0.4) is 0 Å². The van der Waals surface area contributed by atoms with Gasteiger partial charge in [0.25, 0.3) is 0 Å². The van der Waals surface area contributed by atoms with Crippen LogP contribution in [0.4, 0.5) is 0 Å². The normalized spacial score (nSPS) is 13.1. The number of sulfonamides is 1. The van der Waals surface area contributed by atoms with E-state index in [2.05, 4.69) is 4.72 Å². The predicted octanol–water partition coefficient (Wildman–Crippen LogP) is 1.09. The van der Waals surface area contributed by atoms with E-state index in [9.17, 15) is 17.4 Å². The van der Waals surface area contributed by atoms with Crippen LogP contribution >= 0.6 is 11.6 Å². The fourth-order valence-electron chi connectivity index (χ4n) is 1.40. The SMILES string of the molecule is CS(=O)CCCNS(=O)(=O)c1cc(C(=O)O)ccc1Cl. The van der Waals surface area contributed by atoms with Crippen molar-refractivity contribution in [2.45, 2.75) is 11.3 Å². The van der Waals surface area contributed by atoms with Gasteiger partial charge in [0, 0.05) is 29.4 Å². The average molecular weight is 340 g/mol. The van der Waals surface area contributed by atoms with E-state index in [1.807, 2.05) is 0 Å². The summed E-state index contributed by atoms with van der Waals surface area (Å²) in [5, 5.41) is 8.79. The zero-order chi connectivity index (χ0) is 15.3. The molecule has 0 aliphatic carbocycles. The summed E-state index contributed by atoms with van der Waals surface area (Å²) < 4.78 is 37.2. The number of benzene rings is 1. The van der Waals surface area contributed by atoms with Crippen molar-refractivity contribution in [3.63, 3.8) is 0 Å². The molecule has 2 N–H and O–H groups in total. The lowest BCUT2D eigenvalue weighted by Gasteiger charge is -2.08. The van der Waals surface area contributed by atoms with E-state index in [-0.39, 0.29) is 22.0 Å². The van der Waals surface area contributed by atoms with Crippen LogP contribution in [0, 0.1) is 0 Å². The number of nitrogens with one attached hydrogen (secondary N) is 1. The maximum atomic E-state index is 12.0. The van der Waals surface area contributed by atoms with Gasteiger partial charge < -0.3 is 5.11 Å². The lowest BCUT2D eigenvalue weighted by atomic mass is 10.2. The number of rotatable bonds is 7. The molecule has 0 saturated carbocycles. The number of carboxylic acid groups (broad SMARTS) is 1. The monoisotopic (exact) mass is 339 g/mol. The highest BCUT2D eigenvalue weighted by atomic mass is 35.5. The van der Waals surface area contributed by atoms with Gasteiger partial charge in [0.05, 0.1) is 10.6 Å². The van der Waals surface area contributed by atoms with E-state index in [0.717, 1.165) is 6.07 Å². The number of carboxylic acids is 1. The van der Waals surface area contributed by atoms with Gasteiger partial charge >= 0.3 is 5.97 Å². The van der Waals surface area contributed by atoms with Crippen LogP contribution < -0.4 is 4.72 Å². The fourth-order valence-corrected chi connectivity index (χ4v) is 3.55. The van der Waals surface area contributed by atoms with E-state index in [1.54, 1.807) is 0 Å². The first-order valence-electron chi connectivity index (χ1n) is 5.56. The van der Waals surface area contributed by atoms with Gasteiger partial charge in [0.15, 0.2) is 0 Å². The second kappa shape index (κ2) is 7.16. The molecule has 0 spiro atoms. The molecular weight excluding hydrogens is 326 g/mol. The number of hydrogen-bond donors (Lipinski definition) is 2. The molecule has 0 amide bonds. The van der Waals surface area contributed by atoms with E-state index >= 15 is 0 Å². The van der Waals surface area contributed by atoms with Gasteiger partial charge in [-0.05, 0) is 24.6 Å². The van der Waals surface area contributed by atoms with Gasteiger partial charge in [-0.3, -0.25) is 4.21 Å². The Kier molecular flexibility index (Phi) is 6.12. The molecule has 6 nitrogen and oxygen atoms in total. The molecule has 1 atom stereocenters. The Balaban J connectivity index is 2.89. The molecule has 0 saturated heterocycles. The molecule has 0 radical (unpaired) electrons. The summed E-state index contributed by atoms with van der Waals surface area (Å²) in [6, 6.07) is 3.45. The van der Waals surface area contributed by atoms with Crippen molar-refractivity contribution in [3.8, 4) is 0 Å². The smallest absolute Gasteiger partial charge is 0.335 e. The minimum atomic E-state index is -3.89. The zero-order valence-corrected chi connectivity index (χ0v) is 13.0. The molecule has 0 aromatic heterocycles. The minimum Gasteiger partial charge on any atom is -0.478 e. The molecule has 112 valence electrons. The van der Waals surface area contributed by atoms with E-state index in [4.69, 9.17) is 16.7 Å². The standard InChI is InChI=1S/C11H14ClNO5S2/c1-19(16)6-2-5-13-20(17,18)10-7-8(11(14)15)3-4-9(10)12/h3-4,7,13H,2,5-6H2,1H3,(H,14,15). The fraction of sp³-hybridized carbons (Fsp3) is 0.364. The Labute approximate surface area is 124 Å². The second-order valence-electron chi connectivity index (χ2n) is 3.98. The van der Waals surface area contributed by atoms with Crippen molar-refractivity contribution in [3.05, 3.63) is 28.8 Å². The third-order valence-electron chi connectivity index (χ3n) is 2.37. The lowest BCUT2D eigenvalue weighted by Crippen LogP contribution is -2.26. The predicted molar refractivity (Wildman–Crippen MR) is 77.2 cm³/mol. The van der Waals surface area contributed by atoms with Crippen LogP contribution in [-0.2, 0) is 20.8 Å². The molecule has 0 heterocycles. The summed E-state index contributed by atoms with van der Waals surface area (Å²) in [6.45, 7) is 0.107. The van der Waals surface area contributed by atoms with Gasteiger partial charge in [-0.25, -0.2) is 17.9 Å². The number of hydrogen-bond acceptors (Lipinski definition) is 4. The molecule has 1 unspecified atom stereocenters. The first kappa shape index (κ1) is 17.1. The minimum absolute atomic E-state index is 0.0541. The largest absolute Gasteiger partial charge is 0.478 e. The Bertz CT molecular complexity index is 630. The molecule has 0 fully saturated rings. The Morgan fingerprint density at radius 2 is 2.10 bits per heavy atom.